The average molecular weight is 643 g/mol. The molecule has 0 saturated carbocycles. The lowest BCUT2D eigenvalue weighted by molar-refractivity contribution is -0.353. The molecule has 44 heavy (non-hydrogen) atoms. The Hall–Kier alpha value is -2.11. The predicted molar refractivity (Wildman–Crippen MR) is 139 cm³/mol. The van der Waals surface area contributed by atoms with Crippen LogP contribution in [0, 0.1) is 0 Å². The van der Waals surface area contributed by atoms with Crippen molar-refractivity contribution in [1.29, 1.82) is 0 Å². The molecule has 3 saturated heterocycles. The molecular formula is C25H42N2O17. The predicted octanol–water partition coefficient (Wildman–Crippen LogP) is -5.76. The summed E-state index contributed by atoms with van der Waals surface area (Å²) in [6.07, 6.45) is -22.3. The van der Waals surface area contributed by atoms with Gasteiger partial charge in [0.15, 0.2) is 25.0 Å². The lowest BCUT2D eigenvalue weighted by Crippen LogP contribution is -2.70. The molecule has 3 heterocycles. The summed E-state index contributed by atoms with van der Waals surface area (Å²) < 4.78 is 33.7. The molecule has 0 aromatic rings. The third-order valence-corrected chi connectivity index (χ3v) is 7.50. The maximum Gasteiger partial charge on any atom is 0.335 e. The van der Waals surface area contributed by atoms with Gasteiger partial charge < -0.3 is 79.9 Å². The van der Waals surface area contributed by atoms with Crippen molar-refractivity contribution >= 4 is 17.8 Å². The molecule has 19 heteroatoms. The van der Waals surface area contributed by atoms with Gasteiger partial charge in [0.1, 0.15) is 60.9 Å². The van der Waals surface area contributed by atoms with E-state index in [0.717, 1.165) is 13.8 Å². The average Bonchev–Trinajstić information content (AvgIpc) is 2.95. The van der Waals surface area contributed by atoms with Crippen LogP contribution in [0.5, 0.6) is 0 Å². The smallest absolute Gasteiger partial charge is 0.335 e. The van der Waals surface area contributed by atoms with Crippen LogP contribution in [-0.4, -0.2) is 170 Å². The second-order valence-electron chi connectivity index (χ2n) is 10.9. The highest BCUT2D eigenvalue weighted by Gasteiger charge is 2.55. The minimum atomic E-state index is -2.05. The van der Waals surface area contributed by atoms with E-state index in [-0.39, 0.29) is 0 Å². The molecule has 0 aliphatic carbocycles. The van der Waals surface area contributed by atoms with E-state index >= 15 is 0 Å². The van der Waals surface area contributed by atoms with Crippen LogP contribution in [0.25, 0.3) is 0 Å². The standard InChI is InChI=1S/C25H42N2O17/c1-7-14(32)17(35)18(36)25(40-7)43-20-16(34)12(26-9(3)30)23(44-21(20)22(37)38)42-19-13(27-10(4)31)24(39-8(2)15(19)33)41-11(5-28)6-29/h7-8,11-21,23-25,28-29,32-36H,5-6H2,1-4H3,(H,26,30)(H,27,31)(H,37,38)/t7-,8+,12+,13+,14-,15+,16+,17+,18+,19+,20+,21-,23-,24-,25-/m0/s1. The van der Waals surface area contributed by atoms with Crippen molar-refractivity contribution in [3.05, 3.63) is 0 Å². The minimum Gasteiger partial charge on any atom is -0.479 e. The van der Waals surface area contributed by atoms with Gasteiger partial charge in [0.2, 0.25) is 11.8 Å². The first-order valence-electron chi connectivity index (χ1n) is 13.9. The molecule has 3 aliphatic rings. The van der Waals surface area contributed by atoms with E-state index in [1.165, 1.54) is 13.8 Å². The molecule has 0 unspecified atom stereocenters. The number of hydrogen-bond acceptors (Lipinski definition) is 16. The van der Waals surface area contributed by atoms with Crippen LogP contribution >= 0.6 is 0 Å². The number of nitrogens with one attached hydrogen (secondary N) is 2. The molecule has 19 nitrogen and oxygen atoms in total. The Kier molecular flexibility index (Phi) is 12.8. The second kappa shape index (κ2) is 15.5. The number of carbonyl (C=O) groups excluding carboxylic acids is 2. The molecule has 3 rings (SSSR count). The van der Waals surface area contributed by atoms with Crippen LogP contribution in [0.2, 0.25) is 0 Å². The van der Waals surface area contributed by atoms with Crippen LogP contribution in [0.3, 0.4) is 0 Å². The van der Waals surface area contributed by atoms with E-state index in [2.05, 4.69) is 10.6 Å². The largest absolute Gasteiger partial charge is 0.479 e. The van der Waals surface area contributed by atoms with Gasteiger partial charge in [-0.1, -0.05) is 0 Å². The van der Waals surface area contributed by atoms with Crippen LogP contribution < -0.4 is 10.6 Å². The Bertz CT molecular complexity index is 986. The molecule has 0 bridgehead atoms. The molecule has 0 spiro atoms. The van der Waals surface area contributed by atoms with Crippen molar-refractivity contribution in [3.8, 4) is 0 Å². The molecular weight excluding hydrogens is 600 g/mol. The fourth-order valence-corrected chi connectivity index (χ4v) is 5.15. The van der Waals surface area contributed by atoms with Gasteiger partial charge in [-0.3, -0.25) is 9.59 Å². The third kappa shape index (κ3) is 8.18. The van der Waals surface area contributed by atoms with Gasteiger partial charge in [-0.15, -0.1) is 0 Å². The van der Waals surface area contributed by atoms with Gasteiger partial charge in [0.25, 0.3) is 0 Å². The highest BCUT2D eigenvalue weighted by Crippen LogP contribution is 2.33. The van der Waals surface area contributed by atoms with Crippen molar-refractivity contribution in [2.24, 2.45) is 0 Å². The summed E-state index contributed by atoms with van der Waals surface area (Å²) in [6, 6.07) is -2.94. The van der Waals surface area contributed by atoms with E-state index in [1.54, 1.807) is 0 Å². The molecule has 0 aromatic carbocycles. The number of amides is 2. The van der Waals surface area contributed by atoms with E-state index in [9.17, 15) is 55.2 Å². The maximum absolute atomic E-state index is 12.3. The highest BCUT2D eigenvalue weighted by molar-refractivity contribution is 5.75. The summed E-state index contributed by atoms with van der Waals surface area (Å²) in [6.45, 7) is 3.72. The van der Waals surface area contributed by atoms with E-state index in [1.807, 2.05) is 0 Å². The van der Waals surface area contributed by atoms with E-state index < -0.39 is 129 Å². The molecule has 2 amide bonds. The Labute approximate surface area is 251 Å². The SMILES string of the molecule is CC(=O)N[C@H]1[C@@H](O[C@H]2[C@H](O)[C@@H](C)O[C@@H](OC(CO)CO)[C@@H]2NC(C)=O)O[C@H](C(=O)O)[C@H](O[C@@H]2O[C@@H](C)[C@H](O)[C@@H](O)[C@H]2O)[C@@H]1O. The summed E-state index contributed by atoms with van der Waals surface area (Å²) in [5.41, 5.74) is 0. The number of aliphatic hydroxyl groups excluding tert-OH is 7. The number of carbonyl (C=O) groups is 3. The van der Waals surface area contributed by atoms with E-state index in [0.29, 0.717) is 0 Å². The van der Waals surface area contributed by atoms with Gasteiger partial charge in [-0.05, 0) is 13.8 Å². The fraction of sp³-hybridized carbons (Fsp3) is 0.880. The van der Waals surface area contributed by atoms with Crippen molar-refractivity contribution in [2.45, 2.75) is 126 Å². The molecule has 3 fully saturated rings. The molecule has 0 aromatic heterocycles. The summed E-state index contributed by atoms with van der Waals surface area (Å²) in [5, 5.41) is 86.6. The zero-order valence-electron chi connectivity index (χ0n) is 24.4. The Balaban J connectivity index is 1.94. The minimum absolute atomic E-state index is 0.635. The fourth-order valence-electron chi connectivity index (χ4n) is 5.15. The zero-order valence-corrected chi connectivity index (χ0v) is 24.4. The topological polar surface area (TPSA) is 292 Å². The van der Waals surface area contributed by atoms with Crippen LogP contribution in [0.1, 0.15) is 27.7 Å². The highest BCUT2D eigenvalue weighted by atomic mass is 16.7. The number of carboxylic acids is 1. The first-order valence-corrected chi connectivity index (χ1v) is 13.9. The Morgan fingerprint density at radius 2 is 1.20 bits per heavy atom. The molecule has 3 aliphatic heterocycles. The van der Waals surface area contributed by atoms with E-state index in [4.69, 9.17) is 28.4 Å². The summed E-state index contributed by atoms with van der Waals surface area (Å²) in [7, 11) is 0. The first-order chi connectivity index (χ1) is 20.6. The monoisotopic (exact) mass is 642 g/mol. The zero-order chi connectivity index (χ0) is 33.0. The maximum atomic E-state index is 12.3. The number of aliphatic carboxylic acids is 1. The van der Waals surface area contributed by atoms with Crippen LogP contribution in [0.15, 0.2) is 0 Å². The number of rotatable bonds is 11. The lowest BCUT2D eigenvalue weighted by Gasteiger charge is -2.49. The number of ether oxygens (including phenoxy) is 6. The third-order valence-electron chi connectivity index (χ3n) is 7.50. The van der Waals surface area contributed by atoms with Crippen LogP contribution in [-0.2, 0) is 42.8 Å². The van der Waals surface area contributed by atoms with Crippen LogP contribution in [0.4, 0.5) is 0 Å². The first kappa shape index (κ1) is 36.4. The lowest BCUT2D eigenvalue weighted by atomic mass is 9.94. The van der Waals surface area contributed by atoms with Crippen molar-refractivity contribution in [1.82, 2.24) is 10.6 Å². The summed E-state index contributed by atoms with van der Waals surface area (Å²) in [4.78, 5) is 36.5. The molecule has 254 valence electrons. The van der Waals surface area contributed by atoms with Gasteiger partial charge >= 0.3 is 5.97 Å². The molecule has 10 N–H and O–H groups in total. The number of hydrogen-bond donors (Lipinski definition) is 10. The quantitative estimate of drug-likeness (QED) is 0.100. The van der Waals surface area contributed by atoms with Crippen molar-refractivity contribution in [2.75, 3.05) is 13.2 Å². The number of carboxylic acid groups (broad SMARTS) is 1. The van der Waals surface area contributed by atoms with Crippen molar-refractivity contribution in [3.63, 3.8) is 0 Å². The summed E-state index contributed by atoms with van der Waals surface area (Å²) in [5.74, 6) is -3.05. The normalized spacial score (nSPS) is 43.0. The van der Waals surface area contributed by atoms with Gasteiger partial charge in [-0.25, -0.2) is 4.79 Å². The summed E-state index contributed by atoms with van der Waals surface area (Å²) >= 11 is 0. The van der Waals surface area contributed by atoms with Gasteiger partial charge in [0, 0.05) is 13.8 Å². The second-order valence-corrected chi connectivity index (χ2v) is 10.9. The molecule has 0 radical (unpaired) electrons. The Morgan fingerprint density at radius 1 is 0.682 bits per heavy atom. The molecule has 15 atom stereocenters. The van der Waals surface area contributed by atoms with Gasteiger partial charge in [0.05, 0.1) is 25.4 Å². The van der Waals surface area contributed by atoms with Gasteiger partial charge in [-0.2, -0.15) is 0 Å². The Morgan fingerprint density at radius 3 is 1.75 bits per heavy atom. The number of aliphatic hydroxyl groups is 7. The van der Waals surface area contributed by atoms with Crippen molar-refractivity contribution < 1.29 is 83.7 Å².